The van der Waals surface area contributed by atoms with Crippen molar-refractivity contribution in [3.8, 4) is 5.75 Å². The summed E-state index contributed by atoms with van der Waals surface area (Å²) in [6.45, 7) is 1.93. The number of ketones is 1. The maximum atomic E-state index is 14.1. The maximum absolute atomic E-state index is 14.1. The third-order valence-corrected chi connectivity index (χ3v) is 6.43. The van der Waals surface area contributed by atoms with Crippen LogP contribution in [0.1, 0.15) is 45.4 Å². The molecule has 152 valence electrons. The Morgan fingerprint density at radius 3 is 2.59 bits per heavy atom. The lowest BCUT2D eigenvalue weighted by molar-refractivity contribution is -0.137. The molecule has 0 bridgehead atoms. The molecule has 0 saturated carbocycles. The minimum atomic E-state index is -4.57. The first-order valence-electron chi connectivity index (χ1n) is 9.20. The highest BCUT2D eigenvalue weighted by Crippen LogP contribution is 2.46. The molecule has 4 nitrogen and oxygen atoms in total. The first-order valence-corrected chi connectivity index (χ1v) is 10.0. The molecule has 2 heterocycles. The van der Waals surface area contributed by atoms with Gasteiger partial charge in [0.1, 0.15) is 15.5 Å². The molecule has 1 aromatic carbocycles. The third kappa shape index (κ3) is 3.35. The fourth-order valence-electron chi connectivity index (χ4n) is 3.85. The van der Waals surface area contributed by atoms with Gasteiger partial charge in [0.15, 0.2) is 0 Å². The number of anilines is 1. The van der Waals surface area contributed by atoms with E-state index in [9.17, 15) is 18.0 Å². The number of hydrogen-bond donors (Lipinski definition) is 1. The molecule has 0 aliphatic heterocycles. The number of methoxy groups -OCH3 is 1. The van der Waals surface area contributed by atoms with Crippen LogP contribution in [0.3, 0.4) is 0 Å². The van der Waals surface area contributed by atoms with Gasteiger partial charge in [-0.05, 0) is 55.0 Å². The Balaban J connectivity index is 1.92. The predicted octanol–water partition coefficient (Wildman–Crippen LogP) is 5.26. The molecule has 4 rings (SSSR count). The van der Waals surface area contributed by atoms with Gasteiger partial charge in [0.25, 0.3) is 0 Å². The molecule has 8 heteroatoms. The number of fused-ring (bicyclic) bond motifs is 2. The molecule has 0 saturated heterocycles. The zero-order valence-electron chi connectivity index (χ0n) is 15.9. The summed E-state index contributed by atoms with van der Waals surface area (Å²) < 4.78 is 47.2. The molecule has 0 fully saturated rings. The molecule has 0 radical (unpaired) electrons. The van der Waals surface area contributed by atoms with Crippen LogP contribution in [0.25, 0.3) is 10.2 Å². The fraction of sp³-hybridized carbons (Fsp3) is 0.333. The van der Waals surface area contributed by atoms with Crippen molar-refractivity contribution in [2.45, 2.75) is 32.4 Å². The minimum absolute atomic E-state index is 0.0820. The summed E-state index contributed by atoms with van der Waals surface area (Å²) in [6.07, 6.45) is -2.97. The number of nitrogens with zero attached hydrogens (tertiary/aromatic N) is 1. The van der Waals surface area contributed by atoms with E-state index in [-0.39, 0.29) is 32.3 Å². The van der Waals surface area contributed by atoms with Crippen LogP contribution in [0.4, 0.5) is 18.9 Å². The topological polar surface area (TPSA) is 65.2 Å². The number of aromatic nitrogens is 1. The average molecular weight is 420 g/mol. The van der Waals surface area contributed by atoms with Crippen molar-refractivity contribution in [1.29, 1.82) is 0 Å². The van der Waals surface area contributed by atoms with E-state index in [2.05, 4.69) is 4.98 Å². The van der Waals surface area contributed by atoms with Crippen molar-refractivity contribution in [2.75, 3.05) is 12.8 Å². The number of nitrogen functional groups attached to an aromatic ring is 1. The first-order chi connectivity index (χ1) is 13.7. The van der Waals surface area contributed by atoms with Gasteiger partial charge in [-0.25, -0.2) is 4.98 Å². The summed E-state index contributed by atoms with van der Waals surface area (Å²) in [4.78, 5) is 17.7. The van der Waals surface area contributed by atoms with Crippen LogP contribution in [0.5, 0.6) is 5.75 Å². The molecule has 1 unspecified atom stereocenters. The van der Waals surface area contributed by atoms with E-state index in [1.54, 1.807) is 24.3 Å². The van der Waals surface area contributed by atoms with Gasteiger partial charge in [-0.3, -0.25) is 4.79 Å². The van der Waals surface area contributed by atoms with Crippen molar-refractivity contribution in [3.63, 3.8) is 0 Å². The first kappa shape index (κ1) is 19.7. The summed E-state index contributed by atoms with van der Waals surface area (Å²) in [5.74, 6) is 0.296. The monoisotopic (exact) mass is 420 g/mol. The number of pyridine rings is 1. The predicted molar refractivity (Wildman–Crippen MR) is 107 cm³/mol. The highest BCUT2D eigenvalue weighted by atomic mass is 32.1. The van der Waals surface area contributed by atoms with Crippen LogP contribution >= 0.6 is 11.3 Å². The smallest absolute Gasteiger partial charge is 0.417 e. The molecular weight excluding hydrogens is 401 g/mol. The second kappa shape index (κ2) is 7.02. The van der Waals surface area contributed by atoms with Crippen LogP contribution in [-0.2, 0) is 19.0 Å². The fourth-order valence-corrected chi connectivity index (χ4v) is 4.94. The highest BCUT2D eigenvalue weighted by Gasteiger charge is 2.40. The summed E-state index contributed by atoms with van der Waals surface area (Å²) in [5, 5.41) is -0.146. The Kier molecular flexibility index (Phi) is 4.77. The average Bonchev–Trinajstić information content (AvgIpc) is 3.01. The van der Waals surface area contributed by atoms with Gasteiger partial charge in [0.2, 0.25) is 5.78 Å². The zero-order valence-corrected chi connectivity index (χ0v) is 16.7. The number of carbonyl (C=O) groups is 1. The van der Waals surface area contributed by atoms with E-state index in [1.807, 2.05) is 6.92 Å². The van der Waals surface area contributed by atoms with Gasteiger partial charge < -0.3 is 10.5 Å². The summed E-state index contributed by atoms with van der Waals surface area (Å²) in [6, 6.07) is 6.37. The summed E-state index contributed by atoms with van der Waals surface area (Å²) in [5.41, 5.74) is 6.26. The zero-order chi connectivity index (χ0) is 20.9. The number of rotatable bonds is 3. The Labute approximate surface area is 169 Å². The second-order valence-corrected chi connectivity index (χ2v) is 8.34. The van der Waals surface area contributed by atoms with Gasteiger partial charge in [0.05, 0.1) is 18.4 Å². The van der Waals surface area contributed by atoms with Crippen LogP contribution in [0.2, 0.25) is 0 Å². The lowest BCUT2D eigenvalue weighted by Crippen LogP contribution is -2.20. The normalized spacial score (nSPS) is 16.7. The molecule has 1 aliphatic carbocycles. The number of halogens is 3. The number of benzene rings is 1. The molecule has 0 amide bonds. The SMILES string of the molecule is COc1ccc(C(=O)c2sc3nc4c(c(C(F)(F)F)c3c2N)CC(C)CC4)cc1. The van der Waals surface area contributed by atoms with Crippen molar-refractivity contribution in [2.24, 2.45) is 5.92 Å². The molecule has 29 heavy (non-hydrogen) atoms. The maximum Gasteiger partial charge on any atom is 0.417 e. The Hall–Kier alpha value is -2.61. The number of aryl methyl sites for hydroxylation is 1. The Morgan fingerprint density at radius 1 is 1.28 bits per heavy atom. The minimum Gasteiger partial charge on any atom is -0.497 e. The molecule has 1 atom stereocenters. The number of hydrogen-bond acceptors (Lipinski definition) is 5. The Morgan fingerprint density at radius 2 is 1.97 bits per heavy atom. The lowest BCUT2D eigenvalue weighted by Gasteiger charge is -2.25. The van der Waals surface area contributed by atoms with Crippen molar-refractivity contribution < 1.29 is 22.7 Å². The number of alkyl halides is 3. The van der Waals surface area contributed by atoms with Gasteiger partial charge in [-0.2, -0.15) is 13.2 Å². The molecular formula is C21H19F3N2O2S. The van der Waals surface area contributed by atoms with Crippen LogP contribution in [-0.4, -0.2) is 17.9 Å². The van der Waals surface area contributed by atoms with E-state index in [1.165, 1.54) is 7.11 Å². The molecule has 2 aromatic heterocycles. The third-order valence-electron chi connectivity index (χ3n) is 5.33. The van der Waals surface area contributed by atoms with Crippen LogP contribution in [0, 0.1) is 5.92 Å². The number of carbonyl (C=O) groups excluding carboxylic acids is 1. The Bertz CT molecular complexity index is 1100. The van der Waals surface area contributed by atoms with Crippen LogP contribution in [0.15, 0.2) is 24.3 Å². The number of ether oxygens (including phenoxy) is 1. The number of nitrogens with two attached hydrogens (primary N) is 1. The standard InChI is InChI=1S/C21H19F3N2O2S/c1-10-3-8-14-13(9-10)16(21(22,23)24)15-17(25)19(29-20(15)26-14)18(27)11-4-6-12(28-2)7-5-11/h4-7,10H,3,8-9,25H2,1-2H3. The largest absolute Gasteiger partial charge is 0.497 e. The number of thiophene rings is 1. The van der Waals surface area contributed by atoms with E-state index in [4.69, 9.17) is 10.5 Å². The van der Waals surface area contributed by atoms with E-state index in [0.717, 1.165) is 17.8 Å². The van der Waals surface area contributed by atoms with Crippen LogP contribution < -0.4 is 10.5 Å². The van der Waals surface area contributed by atoms with E-state index >= 15 is 0 Å². The van der Waals surface area contributed by atoms with E-state index in [0.29, 0.717) is 29.8 Å². The lowest BCUT2D eigenvalue weighted by atomic mass is 9.84. The van der Waals surface area contributed by atoms with E-state index < -0.39 is 17.5 Å². The quantitative estimate of drug-likeness (QED) is 0.587. The van der Waals surface area contributed by atoms with Crippen molar-refractivity contribution in [1.82, 2.24) is 4.98 Å². The second-order valence-electron chi connectivity index (χ2n) is 7.34. The van der Waals surface area contributed by atoms with Crippen molar-refractivity contribution >= 4 is 33.0 Å². The molecule has 2 N–H and O–H groups in total. The van der Waals surface area contributed by atoms with Gasteiger partial charge in [-0.15, -0.1) is 11.3 Å². The van der Waals surface area contributed by atoms with Crippen molar-refractivity contribution in [3.05, 3.63) is 51.5 Å². The van der Waals surface area contributed by atoms with Gasteiger partial charge in [-0.1, -0.05) is 6.92 Å². The summed E-state index contributed by atoms with van der Waals surface area (Å²) >= 11 is 0.924. The summed E-state index contributed by atoms with van der Waals surface area (Å²) in [7, 11) is 1.51. The molecule has 0 spiro atoms. The highest BCUT2D eigenvalue weighted by molar-refractivity contribution is 7.21. The molecule has 1 aliphatic rings. The molecule has 3 aromatic rings. The van der Waals surface area contributed by atoms with Gasteiger partial charge >= 0.3 is 6.18 Å². The van der Waals surface area contributed by atoms with Gasteiger partial charge in [0, 0.05) is 16.6 Å².